The van der Waals surface area contributed by atoms with Crippen LogP contribution in [0.25, 0.3) is 5.76 Å². The molecule has 1 atom stereocenters. The van der Waals surface area contributed by atoms with E-state index in [1.165, 1.54) is 5.57 Å². The minimum atomic E-state index is -0.0696. The predicted molar refractivity (Wildman–Crippen MR) is 119 cm³/mol. The summed E-state index contributed by atoms with van der Waals surface area (Å²) >= 11 is 6.01. The van der Waals surface area contributed by atoms with E-state index in [2.05, 4.69) is 28.4 Å². The molecule has 5 rings (SSSR count). The van der Waals surface area contributed by atoms with Crippen molar-refractivity contribution in [3.8, 4) is 0 Å². The highest BCUT2D eigenvalue weighted by Gasteiger charge is 2.34. The van der Waals surface area contributed by atoms with E-state index in [1.54, 1.807) is 4.90 Å². The smallest absolute Gasteiger partial charge is 0.293 e. The molecule has 1 fully saturated rings. The predicted octanol–water partition coefficient (Wildman–Crippen LogP) is 3.71. The first kappa shape index (κ1) is 19.6. The standard InChI is InChI=1S/C24H26ClN3O2/c1-27-21-8-7-20(28-12-10-26-11-13-28)15-18(21)14-17-4-9-22(30-23(17)24(27)29)16-2-5-19(25)6-3-16/h2-3,5-9,20,26H,4,10-15H2,1H3. The van der Waals surface area contributed by atoms with Gasteiger partial charge in [0.25, 0.3) is 5.91 Å². The first-order valence-corrected chi connectivity index (χ1v) is 11.0. The number of piperazine rings is 1. The maximum Gasteiger partial charge on any atom is 0.293 e. The first-order valence-electron chi connectivity index (χ1n) is 10.6. The molecule has 0 spiro atoms. The number of ether oxygens (including phenoxy) is 1. The lowest BCUT2D eigenvalue weighted by Crippen LogP contribution is -2.48. The van der Waals surface area contributed by atoms with Crippen molar-refractivity contribution >= 4 is 23.3 Å². The van der Waals surface area contributed by atoms with Crippen molar-refractivity contribution in [3.63, 3.8) is 0 Å². The highest BCUT2D eigenvalue weighted by molar-refractivity contribution is 6.30. The van der Waals surface area contributed by atoms with Gasteiger partial charge in [0, 0.05) is 55.6 Å². The normalized spacial score (nSPS) is 24.9. The molecule has 6 heteroatoms. The number of rotatable bonds is 2. The van der Waals surface area contributed by atoms with Gasteiger partial charge in [-0.15, -0.1) is 0 Å². The largest absolute Gasteiger partial charge is 0.451 e. The molecule has 1 N–H and O–H groups in total. The Morgan fingerprint density at radius 3 is 2.67 bits per heavy atom. The van der Waals surface area contributed by atoms with Gasteiger partial charge in [-0.25, -0.2) is 0 Å². The van der Waals surface area contributed by atoms with Crippen molar-refractivity contribution in [1.29, 1.82) is 0 Å². The molecule has 0 radical (unpaired) electrons. The van der Waals surface area contributed by atoms with Gasteiger partial charge < -0.3 is 15.0 Å². The molecule has 1 aliphatic carbocycles. The summed E-state index contributed by atoms with van der Waals surface area (Å²) in [6, 6.07) is 7.94. The number of allylic oxidation sites excluding steroid dienone is 3. The van der Waals surface area contributed by atoms with Crippen LogP contribution in [0.3, 0.4) is 0 Å². The third-order valence-electron chi connectivity index (χ3n) is 6.40. The van der Waals surface area contributed by atoms with E-state index in [1.807, 2.05) is 31.3 Å². The summed E-state index contributed by atoms with van der Waals surface area (Å²) in [5.41, 5.74) is 4.36. The maximum atomic E-state index is 13.3. The number of halogens is 1. The molecule has 1 saturated heterocycles. The van der Waals surface area contributed by atoms with E-state index in [0.717, 1.165) is 68.0 Å². The molecule has 1 aromatic carbocycles. The van der Waals surface area contributed by atoms with Gasteiger partial charge in [-0.1, -0.05) is 17.7 Å². The van der Waals surface area contributed by atoms with Crippen LogP contribution < -0.4 is 5.32 Å². The van der Waals surface area contributed by atoms with Crippen LogP contribution in [0.4, 0.5) is 0 Å². The quantitative estimate of drug-likeness (QED) is 0.787. The lowest BCUT2D eigenvalue weighted by molar-refractivity contribution is -0.126. The molecule has 30 heavy (non-hydrogen) atoms. The molecular formula is C24H26ClN3O2. The van der Waals surface area contributed by atoms with Crippen LogP contribution in [0.2, 0.25) is 5.02 Å². The van der Waals surface area contributed by atoms with Crippen LogP contribution >= 0.6 is 11.6 Å². The fourth-order valence-electron chi connectivity index (χ4n) is 4.71. The fourth-order valence-corrected chi connectivity index (χ4v) is 4.84. The zero-order valence-electron chi connectivity index (χ0n) is 17.2. The number of carbonyl (C=O) groups is 1. The fraction of sp³-hybridized carbons (Fsp3) is 0.375. The van der Waals surface area contributed by atoms with Crippen molar-refractivity contribution in [1.82, 2.24) is 15.1 Å². The highest BCUT2D eigenvalue weighted by atomic mass is 35.5. The number of amides is 1. The number of nitrogens with zero attached hydrogens (tertiary/aromatic N) is 2. The lowest BCUT2D eigenvalue weighted by atomic mass is 9.90. The Kier molecular flexibility index (Phi) is 5.27. The Balaban J connectivity index is 1.38. The van der Waals surface area contributed by atoms with Gasteiger partial charge in [0.1, 0.15) is 5.76 Å². The lowest BCUT2D eigenvalue weighted by Gasteiger charge is -2.36. The summed E-state index contributed by atoms with van der Waals surface area (Å²) in [7, 11) is 1.85. The summed E-state index contributed by atoms with van der Waals surface area (Å²) in [6.45, 7) is 4.21. The Hall–Kier alpha value is -2.34. The van der Waals surface area contributed by atoms with E-state index in [0.29, 0.717) is 16.8 Å². The molecule has 156 valence electrons. The molecule has 0 aromatic heterocycles. The summed E-state index contributed by atoms with van der Waals surface area (Å²) in [4.78, 5) is 17.5. The monoisotopic (exact) mass is 423 g/mol. The summed E-state index contributed by atoms with van der Waals surface area (Å²) in [5.74, 6) is 1.13. The Bertz CT molecular complexity index is 984. The minimum Gasteiger partial charge on any atom is -0.451 e. The van der Waals surface area contributed by atoms with Crippen LogP contribution in [0.15, 0.2) is 65.1 Å². The molecule has 5 nitrogen and oxygen atoms in total. The average Bonchev–Trinajstić information content (AvgIpc) is 2.89. The van der Waals surface area contributed by atoms with Gasteiger partial charge in [-0.05, 0) is 66.8 Å². The summed E-state index contributed by atoms with van der Waals surface area (Å²) in [5, 5.41) is 4.11. The number of benzene rings is 1. The number of likely N-dealkylation sites (N-methyl/N-ethyl adjacent to an activating group) is 1. The minimum absolute atomic E-state index is 0.0696. The van der Waals surface area contributed by atoms with E-state index < -0.39 is 0 Å². The zero-order chi connectivity index (χ0) is 20.7. The van der Waals surface area contributed by atoms with Crippen LogP contribution in [0, 0.1) is 0 Å². The van der Waals surface area contributed by atoms with Crippen LogP contribution in [0.5, 0.6) is 0 Å². The summed E-state index contributed by atoms with van der Waals surface area (Å²) < 4.78 is 6.17. The van der Waals surface area contributed by atoms with Crippen LogP contribution in [-0.4, -0.2) is 55.0 Å². The van der Waals surface area contributed by atoms with Crippen LogP contribution in [-0.2, 0) is 9.53 Å². The van der Waals surface area contributed by atoms with Crippen molar-refractivity contribution in [3.05, 3.63) is 75.7 Å². The van der Waals surface area contributed by atoms with Gasteiger partial charge in [0.05, 0.1) is 0 Å². The second-order valence-electron chi connectivity index (χ2n) is 8.26. The average molecular weight is 424 g/mol. The third-order valence-corrected chi connectivity index (χ3v) is 6.65. The molecule has 3 aliphatic heterocycles. The molecular weight excluding hydrogens is 398 g/mol. The molecule has 3 heterocycles. The van der Waals surface area contributed by atoms with E-state index >= 15 is 0 Å². The van der Waals surface area contributed by atoms with Gasteiger partial charge in [0.15, 0.2) is 5.76 Å². The van der Waals surface area contributed by atoms with Gasteiger partial charge in [-0.3, -0.25) is 9.69 Å². The molecule has 4 aliphatic rings. The highest BCUT2D eigenvalue weighted by Crippen LogP contribution is 2.39. The summed E-state index contributed by atoms with van der Waals surface area (Å²) in [6.07, 6.45) is 8.96. The Morgan fingerprint density at radius 2 is 1.90 bits per heavy atom. The topological polar surface area (TPSA) is 44.8 Å². The molecule has 1 aromatic rings. The number of hydrogen-bond acceptors (Lipinski definition) is 4. The van der Waals surface area contributed by atoms with E-state index in [9.17, 15) is 4.79 Å². The van der Waals surface area contributed by atoms with Gasteiger partial charge in [0.2, 0.25) is 0 Å². The zero-order valence-corrected chi connectivity index (χ0v) is 17.9. The van der Waals surface area contributed by atoms with Gasteiger partial charge >= 0.3 is 0 Å². The Morgan fingerprint density at radius 1 is 1.13 bits per heavy atom. The molecule has 1 amide bonds. The van der Waals surface area contributed by atoms with Crippen LogP contribution in [0.1, 0.15) is 24.8 Å². The number of hydrogen-bond donors (Lipinski definition) is 1. The third kappa shape index (κ3) is 3.62. The molecule has 1 unspecified atom stereocenters. The second-order valence-corrected chi connectivity index (χ2v) is 8.70. The second kappa shape index (κ2) is 8.06. The maximum absolute atomic E-state index is 13.3. The first-order chi connectivity index (χ1) is 14.6. The Labute approximate surface area is 182 Å². The van der Waals surface area contributed by atoms with Crippen molar-refractivity contribution in [2.45, 2.75) is 25.3 Å². The van der Waals surface area contributed by atoms with E-state index in [-0.39, 0.29) is 5.91 Å². The van der Waals surface area contributed by atoms with Gasteiger partial charge in [-0.2, -0.15) is 0 Å². The van der Waals surface area contributed by atoms with Crippen molar-refractivity contribution < 1.29 is 9.53 Å². The SMILES string of the molecule is CN1C(=O)C2=C(CC=C(c3ccc(Cl)cc3)O2)CC2=C1C=CC(N1CCNCC1)C2. The number of carbonyl (C=O) groups excluding carboxylic acids is 1. The van der Waals surface area contributed by atoms with E-state index in [4.69, 9.17) is 16.3 Å². The van der Waals surface area contributed by atoms with Crippen molar-refractivity contribution in [2.24, 2.45) is 0 Å². The van der Waals surface area contributed by atoms with Crippen molar-refractivity contribution in [2.75, 3.05) is 33.2 Å². The number of nitrogens with one attached hydrogen (secondary N) is 1. The molecule has 0 saturated carbocycles. The molecule has 0 bridgehead atoms.